The number of nitrogens with one attached hydrogen (secondary N) is 2. The Labute approximate surface area is 209 Å². The molecule has 2 N–H and O–H groups in total. The van der Waals surface area contributed by atoms with Crippen LogP contribution in [0.1, 0.15) is 26.7 Å². The number of carbonyl (C=O) groups excluding carboxylic acids is 2. The molecule has 176 valence electrons. The molecule has 5 nitrogen and oxygen atoms in total. The minimum atomic E-state index is -0.511. The predicted molar refractivity (Wildman–Crippen MR) is 142 cm³/mol. The lowest BCUT2D eigenvalue weighted by Crippen LogP contribution is -2.19. The minimum absolute atomic E-state index is 0.167. The summed E-state index contributed by atoms with van der Waals surface area (Å²) in [5.41, 5.74) is 3.69. The number of anilines is 2. The monoisotopic (exact) mass is 482 g/mol. The largest absolute Gasteiger partial charge is 0.495 e. The summed E-state index contributed by atoms with van der Waals surface area (Å²) in [7, 11) is 1.57. The van der Waals surface area contributed by atoms with Gasteiger partial charge in [-0.2, -0.15) is 0 Å². The van der Waals surface area contributed by atoms with Crippen LogP contribution in [0.4, 0.5) is 11.4 Å². The number of amides is 2. The van der Waals surface area contributed by atoms with E-state index < -0.39 is 5.25 Å². The van der Waals surface area contributed by atoms with Crippen LogP contribution in [-0.4, -0.2) is 18.9 Å². The molecule has 4 aromatic carbocycles. The van der Waals surface area contributed by atoms with Gasteiger partial charge in [0, 0.05) is 16.1 Å². The van der Waals surface area contributed by atoms with E-state index in [9.17, 15) is 9.59 Å². The molecule has 0 radical (unpaired) electrons. The van der Waals surface area contributed by atoms with Gasteiger partial charge in [-0.1, -0.05) is 66.7 Å². The quantitative estimate of drug-likeness (QED) is 0.273. The number of aryl methyl sites for hydroxylation is 1. The Kier molecular flexibility index (Phi) is 7.85. The molecular formula is C29H26N2O3S. The van der Waals surface area contributed by atoms with Crippen molar-refractivity contribution in [1.29, 1.82) is 0 Å². The average Bonchev–Trinajstić information content (AvgIpc) is 2.88. The van der Waals surface area contributed by atoms with Crippen molar-refractivity contribution in [1.82, 2.24) is 0 Å². The zero-order chi connectivity index (χ0) is 24.6. The molecule has 0 aliphatic carbocycles. The summed E-state index contributed by atoms with van der Waals surface area (Å²) in [5, 5.41) is 5.46. The lowest BCUT2D eigenvalue weighted by Gasteiger charge is -2.18. The maximum atomic E-state index is 13.4. The summed E-state index contributed by atoms with van der Waals surface area (Å²) in [6.07, 6.45) is 0. The third-order valence-corrected chi connectivity index (χ3v) is 6.69. The summed E-state index contributed by atoms with van der Waals surface area (Å²) in [5.74, 6) is 0.261. The zero-order valence-electron chi connectivity index (χ0n) is 19.5. The number of hydrogen-bond donors (Lipinski definition) is 2. The van der Waals surface area contributed by atoms with Gasteiger partial charge in [-0.15, -0.1) is 11.8 Å². The second kappa shape index (κ2) is 11.4. The van der Waals surface area contributed by atoms with Crippen molar-refractivity contribution in [2.24, 2.45) is 0 Å². The van der Waals surface area contributed by atoms with Crippen LogP contribution in [0, 0.1) is 6.92 Å². The van der Waals surface area contributed by atoms with Crippen molar-refractivity contribution in [2.45, 2.75) is 17.1 Å². The van der Waals surface area contributed by atoms with Crippen LogP contribution >= 0.6 is 11.8 Å². The first-order valence-corrected chi connectivity index (χ1v) is 12.1. The molecule has 0 bridgehead atoms. The molecule has 35 heavy (non-hydrogen) atoms. The highest BCUT2D eigenvalue weighted by atomic mass is 32.2. The third-order valence-electron chi connectivity index (χ3n) is 5.44. The van der Waals surface area contributed by atoms with Crippen LogP contribution in [0.2, 0.25) is 0 Å². The summed E-state index contributed by atoms with van der Waals surface area (Å²) in [6.45, 7) is 1.91. The van der Waals surface area contributed by atoms with Crippen molar-refractivity contribution in [3.8, 4) is 5.75 Å². The van der Waals surface area contributed by atoms with Gasteiger partial charge < -0.3 is 15.4 Å². The molecule has 4 rings (SSSR count). The van der Waals surface area contributed by atoms with Crippen molar-refractivity contribution < 1.29 is 14.3 Å². The molecule has 6 heteroatoms. The number of para-hydroxylation sites is 2. The minimum Gasteiger partial charge on any atom is -0.495 e. The van der Waals surface area contributed by atoms with Crippen LogP contribution in [0.5, 0.6) is 5.75 Å². The second-order valence-electron chi connectivity index (χ2n) is 7.89. The number of ether oxygens (including phenoxy) is 1. The fourth-order valence-corrected chi connectivity index (χ4v) is 4.74. The van der Waals surface area contributed by atoms with E-state index >= 15 is 0 Å². The first kappa shape index (κ1) is 24.1. The Morgan fingerprint density at radius 2 is 1.51 bits per heavy atom. The van der Waals surface area contributed by atoms with Gasteiger partial charge in [0.1, 0.15) is 11.0 Å². The molecule has 0 heterocycles. The molecule has 0 fully saturated rings. The molecule has 0 spiro atoms. The molecular weight excluding hydrogens is 456 g/mol. The number of rotatable bonds is 8. The van der Waals surface area contributed by atoms with Crippen molar-refractivity contribution in [2.75, 3.05) is 17.7 Å². The fourth-order valence-electron chi connectivity index (χ4n) is 3.66. The van der Waals surface area contributed by atoms with Crippen LogP contribution in [-0.2, 0) is 4.79 Å². The number of thioether (sulfide) groups is 1. The Hall–Kier alpha value is -4.03. The normalized spacial score (nSPS) is 11.4. The van der Waals surface area contributed by atoms with Crippen LogP contribution < -0.4 is 15.4 Å². The molecule has 1 atom stereocenters. The maximum Gasteiger partial charge on any atom is 0.255 e. The van der Waals surface area contributed by atoms with Gasteiger partial charge in [0.05, 0.1) is 12.8 Å². The van der Waals surface area contributed by atoms with Gasteiger partial charge in [0.15, 0.2) is 0 Å². The number of benzene rings is 4. The highest BCUT2D eigenvalue weighted by Gasteiger charge is 2.23. The summed E-state index contributed by atoms with van der Waals surface area (Å²) in [6, 6.07) is 31.9. The Morgan fingerprint density at radius 1 is 0.800 bits per heavy atom. The van der Waals surface area contributed by atoms with Crippen LogP contribution in [0.25, 0.3) is 0 Å². The van der Waals surface area contributed by atoms with Gasteiger partial charge >= 0.3 is 0 Å². The predicted octanol–water partition coefficient (Wildman–Crippen LogP) is 6.73. The topological polar surface area (TPSA) is 67.4 Å². The van der Waals surface area contributed by atoms with Gasteiger partial charge in [0.25, 0.3) is 5.91 Å². The Balaban J connectivity index is 1.56. The van der Waals surface area contributed by atoms with Gasteiger partial charge in [-0.05, 0) is 54.4 Å². The first-order valence-electron chi connectivity index (χ1n) is 11.2. The fraction of sp³-hybridized carbons (Fsp3) is 0.103. The Bertz CT molecular complexity index is 1320. The summed E-state index contributed by atoms with van der Waals surface area (Å²) < 4.78 is 5.39. The first-order chi connectivity index (χ1) is 17.0. The van der Waals surface area contributed by atoms with E-state index in [4.69, 9.17) is 4.74 Å². The standard InChI is InChI=1S/C29H26N2O3S/c1-20-11-6-7-16-24(20)28(32)30-22-14-10-15-23(19-22)35-27(21-12-4-3-5-13-21)29(33)31-25-17-8-9-18-26(25)34-2/h3-19,27H,1-2H3,(H,30,32)(H,31,33). The number of methoxy groups -OCH3 is 1. The van der Waals surface area contributed by atoms with E-state index in [-0.39, 0.29) is 11.8 Å². The lowest BCUT2D eigenvalue weighted by molar-refractivity contribution is -0.115. The highest BCUT2D eigenvalue weighted by Crippen LogP contribution is 2.38. The number of carbonyl (C=O) groups is 2. The van der Waals surface area contributed by atoms with Gasteiger partial charge in [-0.3, -0.25) is 9.59 Å². The zero-order valence-corrected chi connectivity index (χ0v) is 20.3. The lowest BCUT2D eigenvalue weighted by atomic mass is 10.1. The average molecular weight is 483 g/mol. The molecule has 0 saturated heterocycles. The third kappa shape index (κ3) is 6.11. The van der Waals surface area contributed by atoms with E-state index in [1.807, 2.05) is 97.9 Å². The SMILES string of the molecule is COc1ccccc1NC(=O)C(Sc1cccc(NC(=O)c2ccccc2C)c1)c1ccccc1. The molecule has 2 amide bonds. The van der Waals surface area contributed by atoms with Crippen molar-refractivity contribution in [3.05, 3.63) is 120 Å². The molecule has 0 saturated carbocycles. The van der Waals surface area contributed by atoms with Gasteiger partial charge in [-0.25, -0.2) is 0 Å². The summed E-state index contributed by atoms with van der Waals surface area (Å²) in [4.78, 5) is 27.0. The van der Waals surface area contributed by atoms with E-state index in [0.717, 1.165) is 16.0 Å². The maximum absolute atomic E-state index is 13.4. The van der Waals surface area contributed by atoms with Crippen molar-refractivity contribution >= 4 is 35.0 Å². The molecule has 0 aromatic heterocycles. The smallest absolute Gasteiger partial charge is 0.255 e. The summed E-state index contributed by atoms with van der Waals surface area (Å²) >= 11 is 1.42. The van der Waals surface area contributed by atoms with Crippen LogP contribution in [0.3, 0.4) is 0 Å². The second-order valence-corrected chi connectivity index (χ2v) is 9.07. The molecule has 4 aromatic rings. The van der Waals surface area contributed by atoms with E-state index in [0.29, 0.717) is 22.7 Å². The van der Waals surface area contributed by atoms with E-state index in [2.05, 4.69) is 10.6 Å². The van der Waals surface area contributed by atoms with E-state index in [1.165, 1.54) is 11.8 Å². The van der Waals surface area contributed by atoms with E-state index in [1.54, 1.807) is 19.2 Å². The molecule has 0 aliphatic heterocycles. The highest BCUT2D eigenvalue weighted by molar-refractivity contribution is 8.00. The van der Waals surface area contributed by atoms with Gasteiger partial charge in [0.2, 0.25) is 5.91 Å². The van der Waals surface area contributed by atoms with Crippen LogP contribution in [0.15, 0.2) is 108 Å². The molecule has 0 aliphatic rings. The molecule has 1 unspecified atom stereocenters. The number of hydrogen-bond acceptors (Lipinski definition) is 4. The van der Waals surface area contributed by atoms with Crippen molar-refractivity contribution in [3.63, 3.8) is 0 Å². The Morgan fingerprint density at radius 3 is 2.29 bits per heavy atom.